The van der Waals surface area contributed by atoms with E-state index in [0.717, 1.165) is 18.5 Å². The highest BCUT2D eigenvalue weighted by Gasteiger charge is 2.49. The van der Waals surface area contributed by atoms with E-state index in [4.69, 9.17) is 0 Å². The summed E-state index contributed by atoms with van der Waals surface area (Å²) in [5.41, 5.74) is 1.79. The van der Waals surface area contributed by atoms with Crippen LogP contribution in [0.1, 0.15) is 36.4 Å². The SMILES string of the molecule is O=C1C[C@@H](c2ccccc2)C2(CCN(C(=O)Cc3ccccn3)CC2)N1. The largest absolute Gasteiger partial charge is 0.350 e. The van der Waals surface area contributed by atoms with Crippen molar-refractivity contribution in [3.05, 3.63) is 66.0 Å². The van der Waals surface area contributed by atoms with Gasteiger partial charge in [-0.05, 0) is 30.5 Å². The number of benzene rings is 1. The topological polar surface area (TPSA) is 62.3 Å². The molecular formula is C21H23N3O2. The van der Waals surface area contributed by atoms with Gasteiger partial charge in [-0.2, -0.15) is 0 Å². The molecule has 26 heavy (non-hydrogen) atoms. The molecule has 2 aromatic rings. The van der Waals surface area contributed by atoms with Gasteiger partial charge in [0.15, 0.2) is 0 Å². The number of pyridine rings is 1. The summed E-state index contributed by atoms with van der Waals surface area (Å²) in [5, 5.41) is 3.24. The van der Waals surface area contributed by atoms with Crippen LogP contribution in [0.25, 0.3) is 0 Å². The van der Waals surface area contributed by atoms with E-state index < -0.39 is 0 Å². The van der Waals surface area contributed by atoms with Gasteiger partial charge in [0, 0.05) is 37.3 Å². The monoisotopic (exact) mass is 349 g/mol. The first-order valence-corrected chi connectivity index (χ1v) is 9.20. The maximum absolute atomic E-state index is 12.6. The van der Waals surface area contributed by atoms with Crippen molar-refractivity contribution in [1.29, 1.82) is 0 Å². The van der Waals surface area contributed by atoms with Crippen LogP contribution in [-0.4, -0.2) is 40.3 Å². The van der Waals surface area contributed by atoms with Gasteiger partial charge in [0.2, 0.25) is 11.8 Å². The zero-order valence-electron chi connectivity index (χ0n) is 14.7. The van der Waals surface area contributed by atoms with Crippen molar-refractivity contribution in [3.8, 4) is 0 Å². The Bertz CT molecular complexity index is 783. The van der Waals surface area contributed by atoms with Gasteiger partial charge in [-0.25, -0.2) is 0 Å². The zero-order chi connectivity index (χ0) is 18.0. The normalized spacial score (nSPS) is 21.6. The lowest BCUT2D eigenvalue weighted by Crippen LogP contribution is -2.54. The van der Waals surface area contributed by atoms with Crippen LogP contribution in [-0.2, 0) is 16.0 Å². The number of aromatic nitrogens is 1. The number of carbonyl (C=O) groups is 2. The molecule has 1 N–H and O–H groups in total. The van der Waals surface area contributed by atoms with Gasteiger partial charge in [-0.1, -0.05) is 36.4 Å². The number of likely N-dealkylation sites (tertiary alicyclic amines) is 1. The van der Waals surface area contributed by atoms with E-state index in [-0.39, 0.29) is 23.3 Å². The molecule has 0 aliphatic carbocycles. The molecule has 2 saturated heterocycles. The molecule has 1 spiro atoms. The minimum atomic E-state index is -0.222. The lowest BCUT2D eigenvalue weighted by molar-refractivity contribution is -0.132. The average molecular weight is 349 g/mol. The van der Waals surface area contributed by atoms with E-state index in [0.29, 0.717) is 25.9 Å². The summed E-state index contributed by atoms with van der Waals surface area (Å²) in [5.74, 6) is 0.412. The molecular weight excluding hydrogens is 326 g/mol. The molecule has 0 bridgehead atoms. The maximum Gasteiger partial charge on any atom is 0.228 e. The minimum absolute atomic E-state index is 0.110. The number of amides is 2. The van der Waals surface area contributed by atoms with Crippen LogP contribution in [0.2, 0.25) is 0 Å². The summed E-state index contributed by atoms with van der Waals surface area (Å²) in [6.45, 7) is 1.35. The molecule has 5 nitrogen and oxygen atoms in total. The standard InChI is InChI=1S/C21H23N3O2/c25-19-15-18(16-6-2-1-3-7-16)21(23-19)9-12-24(13-10-21)20(26)14-17-8-4-5-11-22-17/h1-8,11,18H,9-10,12-15H2,(H,23,25)/t18-/m0/s1. The highest BCUT2D eigenvalue weighted by Crippen LogP contribution is 2.43. The molecule has 2 aliphatic heterocycles. The van der Waals surface area contributed by atoms with Gasteiger partial charge < -0.3 is 10.2 Å². The molecule has 1 atom stereocenters. The Morgan fingerprint density at radius 3 is 2.54 bits per heavy atom. The number of rotatable bonds is 3. The van der Waals surface area contributed by atoms with Crippen molar-refractivity contribution in [2.24, 2.45) is 0 Å². The summed E-state index contributed by atoms with van der Waals surface area (Å²) < 4.78 is 0. The van der Waals surface area contributed by atoms with Crippen molar-refractivity contribution in [3.63, 3.8) is 0 Å². The smallest absolute Gasteiger partial charge is 0.228 e. The molecule has 3 heterocycles. The van der Waals surface area contributed by atoms with Gasteiger partial charge in [-0.3, -0.25) is 14.6 Å². The third-order valence-electron chi connectivity index (χ3n) is 5.71. The van der Waals surface area contributed by atoms with Crippen molar-refractivity contribution in [1.82, 2.24) is 15.2 Å². The van der Waals surface area contributed by atoms with Gasteiger partial charge in [0.05, 0.1) is 12.0 Å². The molecule has 1 aromatic carbocycles. The van der Waals surface area contributed by atoms with Crippen molar-refractivity contribution in [2.75, 3.05) is 13.1 Å². The summed E-state index contributed by atoms with van der Waals surface area (Å²) in [7, 11) is 0. The van der Waals surface area contributed by atoms with Gasteiger partial charge in [-0.15, -0.1) is 0 Å². The number of hydrogen-bond donors (Lipinski definition) is 1. The first kappa shape index (κ1) is 16.8. The van der Waals surface area contributed by atoms with E-state index in [9.17, 15) is 9.59 Å². The van der Waals surface area contributed by atoms with Crippen LogP contribution in [0.3, 0.4) is 0 Å². The van der Waals surface area contributed by atoms with Crippen LogP contribution in [0.5, 0.6) is 0 Å². The Balaban J connectivity index is 1.45. The molecule has 0 saturated carbocycles. The number of piperidine rings is 1. The Morgan fingerprint density at radius 1 is 1.12 bits per heavy atom. The molecule has 134 valence electrons. The Morgan fingerprint density at radius 2 is 1.85 bits per heavy atom. The third-order valence-corrected chi connectivity index (χ3v) is 5.71. The molecule has 0 unspecified atom stereocenters. The van der Waals surface area contributed by atoms with Gasteiger partial charge in [0.1, 0.15) is 0 Å². The minimum Gasteiger partial charge on any atom is -0.350 e. The van der Waals surface area contributed by atoms with Crippen molar-refractivity contribution < 1.29 is 9.59 Å². The van der Waals surface area contributed by atoms with E-state index >= 15 is 0 Å². The number of carbonyl (C=O) groups excluding carboxylic acids is 2. The molecule has 2 aliphatic rings. The predicted octanol–water partition coefficient (Wildman–Crippen LogP) is 2.29. The Hall–Kier alpha value is -2.69. The lowest BCUT2D eigenvalue weighted by Gasteiger charge is -2.43. The quantitative estimate of drug-likeness (QED) is 0.925. The fourth-order valence-electron chi connectivity index (χ4n) is 4.32. The van der Waals surface area contributed by atoms with Crippen LogP contribution in [0.15, 0.2) is 54.7 Å². The first-order chi connectivity index (χ1) is 12.7. The second-order valence-corrected chi connectivity index (χ2v) is 7.25. The van der Waals surface area contributed by atoms with Crippen LogP contribution in [0.4, 0.5) is 0 Å². The van der Waals surface area contributed by atoms with Crippen LogP contribution in [0, 0.1) is 0 Å². The summed E-state index contributed by atoms with van der Waals surface area (Å²) >= 11 is 0. The molecule has 2 fully saturated rings. The molecule has 0 radical (unpaired) electrons. The predicted molar refractivity (Wildman–Crippen MR) is 98.4 cm³/mol. The van der Waals surface area contributed by atoms with Gasteiger partial charge >= 0.3 is 0 Å². The fraction of sp³-hybridized carbons (Fsp3) is 0.381. The van der Waals surface area contributed by atoms with Gasteiger partial charge in [0.25, 0.3) is 0 Å². The molecule has 2 amide bonds. The number of hydrogen-bond acceptors (Lipinski definition) is 3. The number of nitrogens with zero attached hydrogens (tertiary/aromatic N) is 2. The average Bonchev–Trinajstić information content (AvgIpc) is 2.99. The zero-order valence-corrected chi connectivity index (χ0v) is 14.7. The van der Waals surface area contributed by atoms with E-state index in [2.05, 4.69) is 22.4 Å². The van der Waals surface area contributed by atoms with E-state index in [1.807, 2.05) is 41.3 Å². The van der Waals surface area contributed by atoms with Crippen molar-refractivity contribution in [2.45, 2.75) is 37.1 Å². The van der Waals surface area contributed by atoms with Crippen molar-refractivity contribution >= 4 is 11.8 Å². The summed E-state index contributed by atoms with van der Waals surface area (Å²) in [4.78, 5) is 30.9. The Labute approximate surface area is 153 Å². The molecule has 5 heteroatoms. The first-order valence-electron chi connectivity index (χ1n) is 9.20. The van der Waals surface area contributed by atoms with Crippen LogP contribution >= 0.6 is 0 Å². The fourth-order valence-corrected chi connectivity index (χ4v) is 4.32. The van der Waals surface area contributed by atoms with Crippen LogP contribution < -0.4 is 5.32 Å². The maximum atomic E-state index is 12.6. The second kappa shape index (κ2) is 6.90. The highest BCUT2D eigenvalue weighted by molar-refractivity contribution is 5.82. The second-order valence-electron chi connectivity index (χ2n) is 7.25. The number of nitrogens with one attached hydrogen (secondary N) is 1. The lowest BCUT2D eigenvalue weighted by atomic mass is 9.74. The Kier molecular flexibility index (Phi) is 4.45. The summed E-state index contributed by atoms with van der Waals surface area (Å²) in [6.07, 6.45) is 4.18. The van der Waals surface area contributed by atoms with E-state index in [1.165, 1.54) is 5.56 Å². The molecule has 4 rings (SSSR count). The van der Waals surface area contributed by atoms with E-state index in [1.54, 1.807) is 6.20 Å². The third kappa shape index (κ3) is 3.21. The highest BCUT2D eigenvalue weighted by atomic mass is 16.2. The summed E-state index contributed by atoms with van der Waals surface area (Å²) in [6, 6.07) is 15.9. The molecule has 1 aromatic heterocycles.